The summed E-state index contributed by atoms with van der Waals surface area (Å²) in [6.07, 6.45) is 0. The molecular formula is C24H19N. The summed E-state index contributed by atoms with van der Waals surface area (Å²) in [6.45, 7) is 3.88. The van der Waals surface area contributed by atoms with Crippen molar-refractivity contribution in [1.82, 2.24) is 0 Å². The first-order valence-corrected chi connectivity index (χ1v) is 8.21. The van der Waals surface area contributed by atoms with Crippen molar-refractivity contribution in [3.8, 4) is 34.8 Å². The van der Waals surface area contributed by atoms with Gasteiger partial charge < -0.3 is 5.32 Å². The monoisotopic (exact) mass is 321 g/mol. The van der Waals surface area contributed by atoms with Gasteiger partial charge in [0.05, 0.1) is 0 Å². The van der Waals surface area contributed by atoms with E-state index in [9.17, 15) is 0 Å². The van der Waals surface area contributed by atoms with Crippen LogP contribution in [0.15, 0.2) is 72.8 Å². The van der Waals surface area contributed by atoms with E-state index in [2.05, 4.69) is 96.6 Å². The molecule has 0 heterocycles. The molecule has 1 heteroatoms. The van der Waals surface area contributed by atoms with Crippen molar-refractivity contribution in [1.29, 1.82) is 0 Å². The van der Waals surface area contributed by atoms with Crippen LogP contribution in [0, 0.1) is 30.6 Å². The number of hydrogen-bond acceptors (Lipinski definition) is 1. The van der Waals surface area contributed by atoms with Crippen LogP contribution >= 0.6 is 0 Å². The Kier molecular flexibility index (Phi) is 5.20. The lowest BCUT2D eigenvalue weighted by Crippen LogP contribution is -1.90. The second-order valence-corrected chi connectivity index (χ2v) is 5.77. The topological polar surface area (TPSA) is 12.0 Å². The van der Waals surface area contributed by atoms with Gasteiger partial charge in [0.15, 0.2) is 0 Å². The summed E-state index contributed by atoms with van der Waals surface area (Å²) < 4.78 is 0. The van der Waals surface area contributed by atoms with Gasteiger partial charge in [-0.25, -0.2) is 0 Å². The van der Waals surface area contributed by atoms with Gasteiger partial charge in [-0.05, 0) is 73.2 Å². The minimum Gasteiger partial charge on any atom is -0.356 e. The first-order chi connectivity index (χ1) is 12.2. The molecule has 0 unspecified atom stereocenters. The van der Waals surface area contributed by atoms with Gasteiger partial charge in [-0.15, -0.1) is 0 Å². The lowest BCUT2D eigenvalue weighted by atomic mass is 10.0. The van der Waals surface area contributed by atoms with Crippen molar-refractivity contribution in [3.05, 3.63) is 83.9 Å². The van der Waals surface area contributed by atoms with E-state index < -0.39 is 0 Å². The second kappa shape index (κ2) is 7.91. The largest absolute Gasteiger partial charge is 0.356 e. The molecule has 3 rings (SSSR count). The number of anilines is 2. The summed E-state index contributed by atoms with van der Waals surface area (Å²) in [5, 5.41) is 3.42. The molecule has 120 valence electrons. The summed E-state index contributed by atoms with van der Waals surface area (Å²) in [6, 6.07) is 25.1. The van der Waals surface area contributed by atoms with E-state index in [1.807, 2.05) is 12.1 Å². The highest BCUT2D eigenvalue weighted by molar-refractivity contribution is 5.69. The minimum atomic E-state index is 0.976. The fraction of sp³-hybridized carbons (Fsp3) is 0.0833. The predicted octanol–water partition coefficient (Wildman–Crippen LogP) is 5.78. The Morgan fingerprint density at radius 3 is 1.72 bits per heavy atom. The zero-order valence-corrected chi connectivity index (χ0v) is 14.4. The zero-order valence-electron chi connectivity index (χ0n) is 14.4. The standard InChI is InChI=1S/C24H19N/c1-3-4-5-6-20-9-11-21(12-10-20)22-13-17-24(18-14-22)25-23-15-7-19(2)8-16-23/h7-18,25H,1-2H3. The normalized spacial score (nSPS) is 9.36. The van der Waals surface area contributed by atoms with Gasteiger partial charge in [0, 0.05) is 16.9 Å². The molecule has 25 heavy (non-hydrogen) atoms. The van der Waals surface area contributed by atoms with E-state index in [1.54, 1.807) is 6.92 Å². The summed E-state index contributed by atoms with van der Waals surface area (Å²) in [4.78, 5) is 0. The van der Waals surface area contributed by atoms with Crippen LogP contribution in [0.2, 0.25) is 0 Å². The molecule has 0 aliphatic carbocycles. The lowest BCUT2D eigenvalue weighted by molar-refractivity contribution is 1.45. The van der Waals surface area contributed by atoms with Gasteiger partial charge in [0.2, 0.25) is 0 Å². The highest BCUT2D eigenvalue weighted by Gasteiger charge is 1.99. The fourth-order valence-corrected chi connectivity index (χ4v) is 2.46. The summed E-state index contributed by atoms with van der Waals surface area (Å²) in [7, 11) is 0. The molecule has 0 aliphatic rings. The van der Waals surface area contributed by atoms with Gasteiger partial charge in [-0.2, -0.15) is 0 Å². The van der Waals surface area contributed by atoms with E-state index in [0.717, 1.165) is 16.9 Å². The summed E-state index contributed by atoms with van der Waals surface area (Å²) in [5.74, 6) is 11.4. The average Bonchev–Trinajstić information content (AvgIpc) is 2.65. The van der Waals surface area contributed by atoms with Crippen molar-refractivity contribution in [2.75, 3.05) is 5.32 Å². The molecule has 1 N–H and O–H groups in total. The average molecular weight is 321 g/mol. The van der Waals surface area contributed by atoms with Crippen LogP contribution in [0.25, 0.3) is 11.1 Å². The Labute approximate surface area is 149 Å². The Morgan fingerprint density at radius 2 is 1.16 bits per heavy atom. The third-order valence-electron chi connectivity index (χ3n) is 3.84. The zero-order chi connectivity index (χ0) is 17.5. The third kappa shape index (κ3) is 4.54. The molecule has 0 aromatic heterocycles. The predicted molar refractivity (Wildman–Crippen MR) is 107 cm³/mol. The van der Waals surface area contributed by atoms with Crippen LogP contribution in [0.1, 0.15) is 18.1 Å². The number of benzene rings is 3. The van der Waals surface area contributed by atoms with Crippen LogP contribution in [-0.2, 0) is 0 Å². The highest BCUT2D eigenvalue weighted by Crippen LogP contribution is 2.23. The second-order valence-electron chi connectivity index (χ2n) is 5.77. The Balaban J connectivity index is 1.72. The maximum atomic E-state index is 3.42. The summed E-state index contributed by atoms with van der Waals surface area (Å²) in [5.41, 5.74) is 6.76. The fourth-order valence-electron chi connectivity index (χ4n) is 2.46. The van der Waals surface area contributed by atoms with E-state index in [4.69, 9.17) is 0 Å². The smallest absolute Gasteiger partial charge is 0.0384 e. The molecule has 0 saturated carbocycles. The van der Waals surface area contributed by atoms with Gasteiger partial charge >= 0.3 is 0 Å². The molecule has 3 aromatic rings. The Morgan fingerprint density at radius 1 is 0.640 bits per heavy atom. The number of nitrogens with one attached hydrogen (secondary N) is 1. The molecule has 3 aromatic carbocycles. The van der Waals surface area contributed by atoms with E-state index in [0.29, 0.717) is 0 Å². The van der Waals surface area contributed by atoms with Gasteiger partial charge in [0.1, 0.15) is 0 Å². The van der Waals surface area contributed by atoms with Crippen LogP contribution in [0.4, 0.5) is 11.4 Å². The molecule has 0 bridgehead atoms. The van der Waals surface area contributed by atoms with E-state index in [-0.39, 0.29) is 0 Å². The van der Waals surface area contributed by atoms with Gasteiger partial charge in [0.25, 0.3) is 0 Å². The molecule has 0 radical (unpaired) electrons. The first kappa shape index (κ1) is 16.4. The number of hydrogen-bond donors (Lipinski definition) is 1. The maximum Gasteiger partial charge on any atom is 0.0384 e. The van der Waals surface area contributed by atoms with Crippen molar-refractivity contribution < 1.29 is 0 Å². The Hall–Kier alpha value is -3.42. The van der Waals surface area contributed by atoms with Crippen molar-refractivity contribution in [2.45, 2.75) is 13.8 Å². The Bertz CT molecular complexity index is 955. The SMILES string of the molecule is CC#CC#Cc1ccc(-c2ccc(Nc3ccc(C)cc3)cc2)cc1. The quantitative estimate of drug-likeness (QED) is 0.603. The van der Waals surface area contributed by atoms with E-state index in [1.165, 1.54) is 16.7 Å². The van der Waals surface area contributed by atoms with Crippen LogP contribution in [-0.4, -0.2) is 0 Å². The maximum absolute atomic E-state index is 3.42. The molecule has 1 nitrogen and oxygen atoms in total. The first-order valence-electron chi connectivity index (χ1n) is 8.21. The molecule has 0 atom stereocenters. The van der Waals surface area contributed by atoms with Crippen molar-refractivity contribution >= 4 is 11.4 Å². The molecule has 0 aliphatic heterocycles. The molecular weight excluding hydrogens is 302 g/mol. The lowest BCUT2D eigenvalue weighted by Gasteiger charge is -2.08. The van der Waals surface area contributed by atoms with E-state index >= 15 is 0 Å². The molecule has 0 fully saturated rings. The number of rotatable bonds is 3. The molecule has 0 spiro atoms. The highest BCUT2D eigenvalue weighted by atomic mass is 14.9. The van der Waals surface area contributed by atoms with Crippen molar-refractivity contribution in [2.24, 2.45) is 0 Å². The third-order valence-corrected chi connectivity index (χ3v) is 3.84. The number of aryl methyl sites for hydroxylation is 1. The minimum absolute atomic E-state index is 0.976. The molecule has 0 amide bonds. The van der Waals surface area contributed by atoms with Gasteiger partial charge in [-0.3, -0.25) is 0 Å². The molecule has 0 saturated heterocycles. The van der Waals surface area contributed by atoms with Gasteiger partial charge in [-0.1, -0.05) is 53.8 Å². The van der Waals surface area contributed by atoms with Crippen LogP contribution in [0.3, 0.4) is 0 Å². The van der Waals surface area contributed by atoms with Crippen LogP contribution < -0.4 is 5.32 Å². The van der Waals surface area contributed by atoms with Crippen LogP contribution in [0.5, 0.6) is 0 Å². The van der Waals surface area contributed by atoms with Crippen molar-refractivity contribution in [3.63, 3.8) is 0 Å². The summed E-state index contributed by atoms with van der Waals surface area (Å²) >= 11 is 0.